The summed E-state index contributed by atoms with van der Waals surface area (Å²) in [5, 5.41) is 0. The molecule has 0 radical (unpaired) electrons. The zero-order chi connectivity index (χ0) is 19.6. The maximum Gasteiger partial charge on any atom is 0.244 e. The number of sulfonamides is 1. The van der Waals surface area contributed by atoms with Gasteiger partial charge < -0.3 is 9.80 Å². The van der Waals surface area contributed by atoms with Crippen molar-refractivity contribution in [2.75, 3.05) is 45.2 Å². The lowest BCUT2D eigenvalue weighted by atomic mass is 10.2. The number of likely N-dealkylation sites (N-methyl/N-ethyl adjacent to an activating group) is 1. The molecule has 0 saturated carbocycles. The minimum atomic E-state index is -3.59. The van der Waals surface area contributed by atoms with Crippen LogP contribution >= 0.6 is 0 Å². The third-order valence-electron chi connectivity index (χ3n) is 4.67. The summed E-state index contributed by atoms with van der Waals surface area (Å²) in [6.45, 7) is 2.22. The number of nitrogens with zero attached hydrogens (tertiary/aromatic N) is 4. The van der Waals surface area contributed by atoms with Crippen molar-refractivity contribution in [3.05, 3.63) is 53.7 Å². The van der Waals surface area contributed by atoms with Crippen LogP contribution in [0.25, 0.3) is 0 Å². The molecule has 2 heterocycles. The van der Waals surface area contributed by atoms with Crippen LogP contribution in [0.3, 0.4) is 0 Å². The molecule has 0 atom stereocenters. The Morgan fingerprint density at radius 2 is 1.70 bits per heavy atom. The Balaban J connectivity index is 1.75. The van der Waals surface area contributed by atoms with Gasteiger partial charge in [0.2, 0.25) is 10.0 Å². The second kappa shape index (κ2) is 7.87. The lowest BCUT2D eigenvalue weighted by Crippen LogP contribution is -2.47. The third kappa shape index (κ3) is 4.26. The van der Waals surface area contributed by atoms with E-state index >= 15 is 0 Å². The fraction of sp³-hybridized carbons (Fsp3) is 0.389. The van der Waals surface area contributed by atoms with Crippen molar-refractivity contribution in [2.45, 2.75) is 11.4 Å². The largest absolute Gasteiger partial charge is 0.355 e. The average molecular weight is 396 g/mol. The second-order valence-corrected chi connectivity index (χ2v) is 8.55. The van der Waals surface area contributed by atoms with Crippen molar-refractivity contribution in [3.8, 4) is 0 Å². The molecule has 0 N–H and O–H groups in total. The molecule has 0 unspecified atom stereocenters. The minimum Gasteiger partial charge on any atom is -0.355 e. The molecule has 1 saturated heterocycles. The summed E-state index contributed by atoms with van der Waals surface area (Å²) in [6, 6.07) is 6.73. The van der Waals surface area contributed by atoms with Gasteiger partial charge in [0.15, 0.2) is 0 Å². The molecule has 0 amide bonds. The lowest BCUT2D eigenvalue weighted by molar-refractivity contribution is 0.222. The van der Waals surface area contributed by atoms with Crippen molar-refractivity contribution < 1.29 is 17.2 Å². The van der Waals surface area contributed by atoms with Crippen LogP contribution in [-0.2, 0) is 16.6 Å². The minimum absolute atomic E-state index is 0.0178. The fourth-order valence-corrected chi connectivity index (χ4v) is 4.30. The molecule has 2 aromatic rings. The van der Waals surface area contributed by atoms with E-state index in [4.69, 9.17) is 0 Å². The van der Waals surface area contributed by atoms with E-state index in [1.165, 1.54) is 34.8 Å². The standard InChI is InChI=1S/C18H22F2N4O2S/c1-22-8-10-24(11-9-22)27(25,26)14-6-7-18(21-12-14)23(2)13-15-16(19)4-3-5-17(15)20/h3-7,12H,8-11,13H2,1-2H3. The SMILES string of the molecule is CN1CCN(S(=O)(=O)c2ccc(N(C)Cc3c(F)cccc3F)nc2)CC1. The van der Waals surface area contributed by atoms with Crippen molar-refractivity contribution in [2.24, 2.45) is 0 Å². The summed E-state index contributed by atoms with van der Waals surface area (Å²) in [7, 11) is 0.0000552. The van der Waals surface area contributed by atoms with E-state index in [-0.39, 0.29) is 17.0 Å². The molecule has 0 spiro atoms. The molecular weight excluding hydrogens is 374 g/mol. The van der Waals surface area contributed by atoms with Crippen LogP contribution in [0.2, 0.25) is 0 Å². The van der Waals surface area contributed by atoms with Crippen LogP contribution in [0.1, 0.15) is 5.56 Å². The summed E-state index contributed by atoms with van der Waals surface area (Å²) < 4.78 is 54.5. The van der Waals surface area contributed by atoms with Gasteiger partial charge in [0.05, 0.1) is 0 Å². The van der Waals surface area contributed by atoms with Gasteiger partial charge in [-0.05, 0) is 31.3 Å². The number of hydrogen-bond donors (Lipinski definition) is 0. The zero-order valence-electron chi connectivity index (χ0n) is 15.3. The zero-order valence-corrected chi connectivity index (χ0v) is 16.1. The highest BCUT2D eigenvalue weighted by Gasteiger charge is 2.27. The van der Waals surface area contributed by atoms with Crippen LogP contribution in [0.4, 0.5) is 14.6 Å². The first-order chi connectivity index (χ1) is 12.8. The number of pyridine rings is 1. The Kier molecular flexibility index (Phi) is 5.73. The predicted molar refractivity (Wildman–Crippen MR) is 99.0 cm³/mol. The van der Waals surface area contributed by atoms with Gasteiger partial charge in [-0.25, -0.2) is 22.2 Å². The number of hydrogen-bond acceptors (Lipinski definition) is 5. The van der Waals surface area contributed by atoms with E-state index in [1.807, 2.05) is 7.05 Å². The monoisotopic (exact) mass is 396 g/mol. The van der Waals surface area contributed by atoms with Crippen molar-refractivity contribution >= 4 is 15.8 Å². The first-order valence-corrected chi connectivity index (χ1v) is 10.0. The highest BCUT2D eigenvalue weighted by atomic mass is 32.2. The van der Waals surface area contributed by atoms with Gasteiger partial charge in [0.1, 0.15) is 22.3 Å². The Labute approximate surface area is 158 Å². The summed E-state index contributed by atoms with van der Waals surface area (Å²) >= 11 is 0. The quantitative estimate of drug-likeness (QED) is 0.773. The Hall–Kier alpha value is -2.10. The molecule has 3 rings (SSSR count). The number of halogens is 2. The van der Waals surface area contributed by atoms with Crippen LogP contribution in [0.15, 0.2) is 41.4 Å². The maximum atomic E-state index is 13.8. The molecule has 1 aliphatic heterocycles. The lowest BCUT2D eigenvalue weighted by Gasteiger charge is -2.31. The van der Waals surface area contributed by atoms with Gasteiger partial charge in [-0.1, -0.05) is 6.07 Å². The summed E-state index contributed by atoms with van der Waals surface area (Å²) in [6.07, 6.45) is 1.29. The molecule has 146 valence electrons. The van der Waals surface area contributed by atoms with Crippen LogP contribution in [-0.4, -0.2) is 62.9 Å². The van der Waals surface area contributed by atoms with Crippen molar-refractivity contribution in [1.29, 1.82) is 0 Å². The number of rotatable bonds is 5. The summed E-state index contributed by atoms with van der Waals surface area (Å²) in [5.74, 6) is -0.831. The number of benzene rings is 1. The van der Waals surface area contributed by atoms with Gasteiger partial charge >= 0.3 is 0 Å². The summed E-state index contributed by atoms with van der Waals surface area (Å²) in [5.41, 5.74) is -0.0593. The molecule has 1 aromatic carbocycles. The molecule has 0 aliphatic carbocycles. The van der Waals surface area contributed by atoms with Gasteiger partial charge in [0, 0.05) is 51.5 Å². The van der Waals surface area contributed by atoms with Crippen molar-refractivity contribution in [3.63, 3.8) is 0 Å². The van der Waals surface area contributed by atoms with Crippen LogP contribution < -0.4 is 4.90 Å². The molecule has 27 heavy (non-hydrogen) atoms. The first kappa shape index (κ1) is 19.7. The third-order valence-corrected chi connectivity index (χ3v) is 6.55. The van der Waals surface area contributed by atoms with Gasteiger partial charge in [-0.15, -0.1) is 0 Å². The molecule has 1 aromatic heterocycles. The fourth-order valence-electron chi connectivity index (χ4n) is 2.93. The first-order valence-electron chi connectivity index (χ1n) is 8.58. The maximum absolute atomic E-state index is 13.8. The van der Waals surface area contributed by atoms with E-state index in [9.17, 15) is 17.2 Å². The topological polar surface area (TPSA) is 56.8 Å². The predicted octanol–water partition coefficient (Wildman–Crippen LogP) is 1.93. The summed E-state index contributed by atoms with van der Waals surface area (Å²) in [4.78, 5) is 7.92. The van der Waals surface area contributed by atoms with E-state index in [1.54, 1.807) is 18.0 Å². The number of anilines is 1. The van der Waals surface area contributed by atoms with Crippen molar-refractivity contribution in [1.82, 2.24) is 14.2 Å². The van der Waals surface area contributed by atoms with Gasteiger partial charge in [-0.2, -0.15) is 4.31 Å². The van der Waals surface area contributed by atoms with E-state index < -0.39 is 21.7 Å². The number of piperazine rings is 1. The molecule has 0 bridgehead atoms. The molecule has 6 nitrogen and oxygen atoms in total. The van der Waals surface area contributed by atoms with E-state index in [2.05, 4.69) is 9.88 Å². The molecule has 9 heteroatoms. The second-order valence-electron chi connectivity index (χ2n) is 6.62. The van der Waals surface area contributed by atoms with Gasteiger partial charge in [-0.3, -0.25) is 0 Å². The Morgan fingerprint density at radius 1 is 1.07 bits per heavy atom. The van der Waals surface area contributed by atoms with E-state index in [0.29, 0.717) is 32.0 Å². The van der Waals surface area contributed by atoms with Gasteiger partial charge in [0.25, 0.3) is 0 Å². The highest BCUT2D eigenvalue weighted by Crippen LogP contribution is 2.21. The van der Waals surface area contributed by atoms with Crippen LogP contribution in [0.5, 0.6) is 0 Å². The number of aromatic nitrogens is 1. The Morgan fingerprint density at radius 3 is 2.26 bits per heavy atom. The average Bonchev–Trinajstić information content (AvgIpc) is 2.65. The van der Waals surface area contributed by atoms with E-state index in [0.717, 1.165) is 0 Å². The molecule has 1 aliphatic rings. The van der Waals surface area contributed by atoms with Crippen LogP contribution in [0, 0.1) is 11.6 Å². The normalized spacial score (nSPS) is 16.4. The Bertz CT molecular complexity index is 878. The molecule has 1 fully saturated rings. The highest BCUT2D eigenvalue weighted by molar-refractivity contribution is 7.89. The molecular formula is C18H22F2N4O2S. The smallest absolute Gasteiger partial charge is 0.244 e.